The van der Waals surface area contributed by atoms with Crippen molar-refractivity contribution in [3.8, 4) is 0 Å². The van der Waals surface area contributed by atoms with Gasteiger partial charge in [-0.1, -0.05) is 49.3 Å². The number of hydrogen-bond donors (Lipinski definition) is 1. The van der Waals surface area contributed by atoms with E-state index >= 15 is 0 Å². The summed E-state index contributed by atoms with van der Waals surface area (Å²) in [6.07, 6.45) is 2.09. The largest absolute Gasteiger partial charge is 0.360 e. The lowest BCUT2D eigenvalue weighted by Gasteiger charge is -2.29. The SMILES string of the molecule is CCN(CC)CCC[C@@H](C)N(CC(=O)Nc1cc(C)on1)C(=O)Cc1ccccc1. The van der Waals surface area contributed by atoms with Crippen molar-refractivity contribution in [1.82, 2.24) is 15.0 Å². The molecule has 0 spiro atoms. The van der Waals surface area contributed by atoms with Crippen LogP contribution in [0.5, 0.6) is 0 Å². The van der Waals surface area contributed by atoms with Crippen LogP contribution >= 0.6 is 0 Å². The second-order valence-corrected chi connectivity index (χ2v) is 7.57. The van der Waals surface area contributed by atoms with E-state index < -0.39 is 0 Å². The van der Waals surface area contributed by atoms with Gasteiger partial charge in [-0.15, -0.1) is 0 Å². The van der Waals surface area contributed by atoms with Crippen molar-refractivity contribution in [2.75, 3.05) is 31.5 Å². The van der Waals surface area contributed by atoms with E-state index in [1.807, 2.05) is 37.3 Å². The van der Waals surface area contributed by atoms with Crippen molar-refractivity contribution in [3.63, 3.8) is 0 Å². The summed E-state index contributed by atoms with van der Waals surface area (Å²) in [5, 5.41) is 6.51. The molecule has 0 aliphatic carbocycles. The summed E-state index contributed by atoms with van der Waals surface area (Å²) in [4.78, 5) is 29.7. The van der Waals surface area contributed by atoms with Crippen LogP contribution in [0.4, 0.5) is 5.82 Å². The molecular weight excluding hydrogens is 380 g/mol. The number of aryl methyl sites for hydroxylation is 1. The lowest BCUT2D eigenvalue weighted by Crippen LogP contribution is -2.44. The summed E-state index contributed by atoms with van der Waals surface area (Å²) >= 11 is 0. The number of anilines is 1. The number of nitrogens with one attached hydrogen (secondary N) is 1. The van der Waals surface area contributed by atoms with Gasteiger partial charge in [0.1, 0.15) is 12.3 Å². The molecule has 0 unspecified atom stereocenters. The zero-order valence-electron chi connectivity index (χ0n) is 18.6. The standard InChI is InChI=1S/C23H34N4O3/c1-5-26(6-2)14-10-11-18(3)27(23(29)16-20-12-8-7-9-13-20)17-22(28)24-21-15-19(4)30-25-21/h7-9,12-13,15,18H,5-6,10-11,14,16-17H2,1-4H3,(H,24,25,28)/t18-/m1/s1. The Hall–Kier alpha value is -2.67. The Labute approximate surface area is 179 Å². The third-order valence-corrected chi connectivity index (χ3v) is 5.25. The maximum Gasteiger partial charge on any atom is 0.245 e. The summed E-state index contributed by atoms with van der Waals surface area (Å²) in [5.74, 6) is 0.651. The minimum absolute atomic E-state index is 0.00991. The third kappa shape index (κ3) is 7.63. The molecule has 2 aromatic rings. The lowest BCUT2D eigenvalue weighted by atomic mass is 10.1. The number of aromatic nitrogens is 1. The Kier molecular flexibility index (Phi) is 9.54. The van der Waals surface area contributed by atoms with E-state index in [9.17, 15) is 9.59 Å². The van der Waals surface area contributed by atoms with Gasteiger partial charge in [-0.05, 0) is 51.9 Å². The van der Waals surface area contributed by atoms with E-state index in [1.54, 1.807) is 17.9 Å². The molecule has 164 valence electrons. The smallest absolute Gasteiger partial charge is 0.245 e. The van der Waals surface area contributed by atoms with Gasteiger partial charge in [0.2, 0.25) is 11.8 Å². The molecule has 2 rings (SSSR count). The summed E-state index contributed by atoms with van der Waals surface area (Å²) in [6.45, 7) is 11.1. The van der Waals surface area contributed by atoms with Crippen LogP contribution in [0.15, 0.2) is 40.9 Å². The summed E-state index contributed by atoms with van der Waals surface area (Å²) in [5.41, 5.74) is 0.940. The second kappa shape index (κ2) is 12.1. The molecule has 7 nitrogen and oxygen atoms in total. The second-order valence-electron chi connectivity index (χ2n) is 7.57. The van der Waals surface area contributed by atoms with Crippen LogP contribution in [0.2, 0.25) is 0 Å². The molecule has 1 heterocycles. The van der Waals surface area contributed by atoms with Crippen molar-refractivity contribution in [2.45, 2.75) is 53.0 Å². The highest BCUT2D eigenvalue weighted by atomic mass is 16.5. The molecular formula is C23H34N4O3. The maximum absolute atomic E-state index is 13.1. The van der Waals surface area contributed by atoms with Crippen molar-refractivity contribution >= 4 is 17.6 Å². The molecule has 1 aromatic carbocycles. The van der Waals surface area contributed by atoms with Crippen LogP contribution in [0.1, 0.15) is 44.9 Å². The predicted octanol–water partition coefficient (Wildman–Crippen LogP) is 3.50. The molecule has 2 amide bonds. The minimum Gasteiger partial charge on any atom is -0.360 e. The van der Waals surface area contributed by atoms with Crippen LogP contribution in [-0.4, -0.2) is 59.0 Å². The summed E-state index contributed by atoms with van der Waals surface area (Å²) in [7, 11) is 0. The minimum atomic E-state index is -0.277. The summed E-state index contributed by atoms with van der Waals surface area (Å²) in [6, 6.07) is 11.2. The first-order valence-electron chi connectivity index (χ1n) is 10.7. The Bertz CT molecular complexity index is 787. The Morgan fingerprint density at radius 2 is 1.87 bits per heavy atom. The van der Waals surface area contributed by atoms with Crippen molar-refractivity contribution < 1.29 is 14.1 Å². The van der Waals surface area contributed by atoms with Crippen molar-refractivity contribution in [2.24, 2.45) is 0 Å². The molecule has 7 heteroatoms. The van der Waals surface area contributed by atoms with Gasteiger partial charge in [-0.25, -0.2) is 0 Å². The van der Waals surface area contributed by atoms with Crippen LogP contribution in [0.25, 0.3) is 0 Å². The van der Waals surface area contributed by atoms with Gasteiger partial charge in [0.05, 0.1) is 6.42 Å². The first-order chi connectivity index (χ1) is 14.4. The molecule has 0 aliphatic heterocycles. The van der Waals surface area contributed by atoms with Gasteiger partial charge in [-0.3, -0.25) is 9.59 Å². The molecule has 0 fully saturated rings. The highest BCUT2D eigenvalue weighted by Crippen LogP contribution is 2.13. The fraction of sp³-hybridized carbons (Fsp3) is 0.522. The molecule has 1 N–H and O–H groups in total. The number of benzene rings is 1. The zero-order chi connectivity index (χ0) is 21.9. The highest BCUT2D eigenvalue weighted by Gasteiger charge is 2.23. The van der Waals surface area contributed by atoms with Crippen molar-refractivity contribution in [1.29, 1.82) is 0 Å². The Morgan fingerprint density at radius 1 is 1.17 bits per heavy atom. The fourth-order valence-corrected chi connectivity index (χ4v) is 3.43. The lowest BCUT2D eigenvalue weighted by molar-refractivity contribution is -0.136. The van der Waals surface area contributed by atoms with Crippen LogP contribution in [-0.2, 0) is 16.0 Å². The van der Waals surface area contributed by atoms with Gasteiger partial charge in [0.25, 0.3) is 0 Å². The van der Waals surface area contributed by atoms with E-state index in [4.69, 9.17) is 4.52 Å². The quantitative estimate of drug-likeness (QED) is 0.575. The average molecular weight is 415 g/mol. The number of rotatable bonds is 12. The fourth-order valence-electron chi connectivity index (χ4n) is 3.43. The van der Waals surface area contributed by atoms with Crippen molar-refractivity contribution in [3.05, 3.63) is 47.7 Å². The van der Waals surface area contributed by atoms with E-state index in [-0.39, 0.29) is 30.8 Å². The number of carbonyl (C=O) groups excluding carboxylic acids is 2. The Balaban J connectivity index is 2.02. The van der Waals surface area contributed by atoms with E-state index in [0.29, 0.717) is 11.6 Å². The van der Waals surface area contributed by atoms with E-state index in [0.717, 1.165) is 38.0 Å². The van der Waals surface area contributed by atoms with E-state index in [1.165, 1.54) is 0 Å². The predicted molar refractivity (Wildman–Crippen MR) is 118 cm³/mol. The van der Waals surface area contributed by atoms with E-state index in [2.05, 4.69) is 29.2 Å². The number of carbonyl (C=O) groups is 2. The molecule has 0 aliphatic rings. The molecule has 30 heavy (non-hydrogen) atoms. The molecule has 1 atom stereocenters. The number of hydrogen-bond acceptors (Lipinski definition) is 5. The number of amides is 2. The first kappa shape index (κ1) is 23.6. The van der Waals surface area contributed by atoms with Gasteiger partial charge in [-0.2, -0.15) is 0 Å². The Morgan fingerprint density at radius 3 is 2.47 bits per heavy atom. The monoisotopic (exact) mass is 414 g/mol. The van der Waals surface area contributed by atoms with Crippen LogP contribution < -0.4 is 5.32 Å². The summed E-state index contributed by atoms with van der Waals surface area (Å²) < 4.78 is 4.99. The zero-order valence-corrected chi connectivity index (χ0v) is 18.6. The highest BCUT2D eigenvalue weighted by molar-refractivity contribution is 5.94. The molecule has 1 aromatic heterocycles. The molecule has 0 radical (unpaired) electrons. The first-order valence-corrected chi connectivity index (χ1v) is 10.7. The molecule has 0 saturated heterocycles. The topological polar surface area (TPSA) is 78.7 Å². The van der Waals surface area contributed by atoms with Gasteiger partial charge >= 0.3 is 0 Å². The van der Waals surface area contributed by atoms with Gasteiger partial charge < -0.3 is 19.6 Å². The normalized spacial score (nSPS) is 12.0. The van der Waals surface area contributed by atoms with Gasteiger partial charge in [0.15, 0.2) is 5.82 Å². The molecule has 0 bridgehead atoms. The number of nitrogens with zero attached hydrogens (tertiary/aromatic N) is 3. The van der Waals surface area contributed by atoms with Crippen LogP contribution in [0.3, 0.4) is 0 Å². The third-order valence-electron chi connectivity index (χ3n) is 5.25. The maximum atomic E-state index is 13.1. The average Bonchev–Trinajstić information content (AvgIpc) is 3.14. The van der Waals surface area contributed by atoms with Gasteiger partial charge in [0, 0.05) is 12.1 Å². The molecule has 0 saturated carbocycles. The van der Waals surface area contributed by atoms with Crippen LogP contribution in [0, 0.1) is 6.92 Å².